The highest BCUT2D eigenvalue weighted by Gasteiger charge is 2.42. The zero-order chi connectivity index (χ0) is 21.7. The molecule has 162 valence electrons. The molecule has 5 rings (SSSR count). The Labute approximate surface area is 192 Å². The molecule has 0 amide bonds. The second-order valence-corrected chi connectivity index (χ2v) is 9.63. The van der Waals surface area contributed by atoms with Gasteiger partial charge in [0.1, 0.15) is 0 Å². The van der Waals surface area contributed by atoms with Crippen molar-refractivity contribution in [2.75, 3.05) is 6.54 Å². The maximum absolute atomic E-state index is 11.7. The van der Waals surface area contributed by atoms with Crippen LogP contribution in [0.4, 0.5) is 0 Å². The van der Waals surface area contributed by atoms with Gasteiger partial charge in [-0.3, -0.25) is 9.69 Å². The van der Waals surface area contributed by atoms with Crippen molar-refractivity contribution in [1.82, 2.24) is 9.47 Å². The van der Waals surface area contributed by atoms with Crippen molar-refractivity contribution >= 4 is 40.1 Å². The largest absolute Gasteiger partial charge is 0.481 e. The van der Waals surface area contributed by atoms with Crippen LogP contribution in [0, 0.1) is 0 Å². The van der Waals surface area contributed by atoms with Crippen LogP contribution in [-0.2, 0) is 17.8 Å². The number of aliphatic carboxylic acids is 1. The molecule has 4 nitrogen and oxygen atoms in total. The molecule has 0 aliphatic carbocycles. The number of carboxylic acids is 1. The van der Waals surface area contributed by atoms with E-state index < -0.39 is 5.97 Å². The number of halogens is 2. The van der Waals surface area contributed by atoms with Crippen LogP contribution in [0.5, 0.6) is 0 Å². The molecule has 3 atom stereocenters. The Morgan fingerprint density at radius 2 is 1.87 bits per heavy atom. The molecular weight excluding hydrogens is 431 g/mol. The summed E-state index contributed by atoms with van der Waals surface area (Å²) in [6.45, 7) is 3.92. The molecular formula is C25H26Cl2N2O2. The molecule has 0 radical (unpaired) electrons. The summed E-state index contributed by atoms with van der Waals surface area (Å²) in [5.41, 5.74) is 4.92. The normalized spacial score (nSPS) is 21.4. The van der Waals surface area contributed by atoms with Gasteiger partial charge in [-0.1, -0.05) is 42.3 Å². The molecule has 0 saturated carbocycles. The number of nitrogens with zero attached hydrogens (tertiary/aromatic N) is 2. The minimum atomic E-state index is -0.787. The molecule has 2 aliphatic heterocycles. The Bertz CT molecular complexity index is 1140. The first-order valence-corrected chi connectivity index (χ1v) is 11.7. The highest BCUT2D eigenvalue weighted by molar-refractivity contribution is 6.31. The van der Waals surface area contributed by atoms with Gasteiger partial charge in [-0.25, -0.2) is 0 Å². The van der Waals surface area contributed by atoms with E-state index in [1.54, 1.807) is 0 Å². The van der Waals surface area contributed by atoms with Crippen molar-refractivity contribution in [3.63, 3.8) is 0 Å². The van der Waals surface area contributed by atoms with Gasteiger partial charge in [-0.05, 0) is 60.8 Å². The molecule has 1 saturated heterocycles. The van der Waals surface area contributed by atoms with Crippen LogP contribution in [-0.4, -0.2) is 33.1 Å². The summed E-state index contributed by atoms with van der Waals surface area (Å²) < 4.78 is 2.38. The molecule has 0 spiro atoms. The van der Waals surface area contributed by atoms with Gasteiger partial charge in [-0.15, -0.1) is 0 Å². The van der Waals surface area contributed by atoms with Gasteiger partial charge < -0.3 is 9.67 Å². The van der Waals surface area contributed by atoms with Crippen molar-refractivity contribution in [3.8, 4) is 0 Å². The lowest BCUT2D eigenvalue weighted by molar-refractivity contribution is -0.137. The van der Waals surface area contributed by atoms with E-state index in [1.807, 2.05) is 30.3 Å². The Morgan fingerprint density at radius 1 is 1.13 bits per heavy atom. The fourth-order valence-electron chi connectivity index (χ4n) is 5.83. The molecule has 3 aromatic rings. The third-order valence-corrected chi connectivity index (χ3v) is 7.60. The standard InChI is InChI=1S/C25H26Cl2N2O2/c1-2-28-19-8-10-22(28)25-20-12-18(27)7-9-21(20)29(23(25)13-19)14-16(11-24(30)31)15-3-5-17(26)6-4-15/h3-7,9,12,16,19,22H,2,8,10-11,13-14H2,1H3,(H,30,31). The van der Waals surface area contributed by atoms with Gasteiger partial charge >= 0.3 is 5.97 Å². The monoisotopic (exact) mass is 456 g/mol. The Morgan fingerprint density at radius 3 is 2.58 bits per heavy atom. The van der Waals surface area contributed by atoms with E-state index in [1.165, 1.54) is 29.5 Å². The van der Waals surface area contributed by atoms with Crippen molar-refractivity contribution < 1.29 is 9.90 Å². The Hall–Kier alpha value is -2.01. The molecule has 3 heterocycles. The molecule has 1 fully saturated rings. The van der Waals surface area contributed by atoms with E-state index in [-0.39, 0.29) is 12.3 Å². The lowest BCUT2D eigenvalue weighted by Crippen LogP contribution is -2.37. The maximum Gasteiger partial charge on any atom is 0.304 e. The second kappa shape index (κ2) is 8.16. The van der Waals surface area contributed by atoms with Gasteiger partial charge in [0.25, 0.3) is 0 Å². The number of hydrogen-bond donors (Lipinski definition) is 1. The van der Waals surface area contributed by atoms with E-state index in [9.17, 15) is 9.90 Å². The third-order valence-electron chi connectivity index (χ3n) is 7.11. The second-order valence-electron chi connectivity index (χ2n) is 8.76. The van der Waals surface area contributed by atoms with Crippen LogP contribution < -0.4 is 0 Å². The number of hydrogen-bond acceptors (Lipinski definition) is 2. The lowest BCUT2D eigenvalue weighted by Gasteiger charge is -2.35. The molecule has 2 bridgehead atoms. The smallest absolute Gasteiger partial charge is 0.304 e. The quantitative estimate of drug-likeness (QED) is 0.473. The van der Waals surface area contributed by atoms with Crippen LogP contribution in [0.15, 0.2) is 42.5 Å². The van der Waals surface area contributed by atoms with Crippen molar-refractivity contribution in [3.05, 3.63) is 69.3 Å². The number of rotatable bonds is 6. The topological polar surface area (TPSA) is 45.5 Å². The fourth-order valence-corrected chi connectivity index (χ4v) is 6.13. The van der Waals surface area contributed by atoms with E-state index in [2.05, 4.69) is 28.5 Å². The number of likely N-dealkylation sites (N-methyl/N-ethyl adjacent to an activating group) is 1. The summed E-state index contributed by atoms with van der Waals surface area (Å²) >= 11 is 12.5. The minimum Gasteiger partial charge on any atom is -0.481 e. The zero-order valence-electron chi connectivity index (χ0n) is 17.5. The van der Waals surface area contributed by atoms with E-state index >= 15 is 0 Å². The summed E-state index contributed by atoms with van der Waals surface area (Å²) in [7, 11) is 0. The van der Waals surface area contributed by atoms with E-state index in [0.717, 1.165) is 29.1 Å². The molecule has 3 unspecified atom stereocenters. The van der Waals surface area contributed by atoms with E-state index in [0.29, 0.717) is 23.7 Å². The van der Waals surface area contributed by atoms with Crippen molar-refractivity contribution in [1.29, 1.82) is 0 Å². The van der Waals surface area contributed by atoms with Gasteiger partial charge in [0.05, 0.1) is 6.42 Å². The summed E-state index contributed by atoms with van der Waals surface area (Å²) in [6, 6.07) is 14.7. The zero-order valence-corrected chi connectivity index (χ0v) is 19.0. The average Bonchev–Trinajstić information content (AvgIpc) is 3.20. The van der Waals surface area contributed by atoms with Gasteiger partial charge in [0.2, 0.25) is 0 Å². The molecule has 2 aliphatic rings. The predicted molar refractivity (Wildman–Crippen MR) is 125 cm³/mol. The number of aromatic nitrogens is 1. The molecule has 31 heavy (non-hydrogen) atoms. The highest BCUT2D eigenvalue weighted by atomic mass is 35.5. The van der Waals surface area contributed by atoms with Crippen LogP contribution in [0.2, 0.25) is 10.0 Å². The van der Waals surface area contributed by atoms with Crippen molar-refractivity contribution in [2.24, 2.45) is 0 Å². The predicted octanol–water partition coefficient (Wildman–Crippen LogP) is 6.29. The number of fused-ring (bicyclic) bond motifs is 6. The maximum atomic E-state index is 11.7. The Balaban J connectivity index is 1.64. The first-order chi connectivity index (χ1) is 15.0. The summed E-state index contributed by atoms with van der Waals surface area (Å²) in [5.74, 6) is -0.919. The van der Waals surface area contributed by atoms with Crippen LogP contribution in [0.25, 0.3) is 10.9 Å². The SMILES string of the molecule is CCN1C2CCC1c1c(n(CC(CC(=O)O)c3ccc(Cl)cc3)c3ccc(Cl)cc13)C2. The summed E-state index contributed by atoms with van der Waals surface area (Å²) in [6.07, 6.45) is 3.47. The first-order valence-electron chi connectivity index (χ1n) is 11.0. The molecule has 6 heteroatoms. The highest BCUT2D eigenvalue weighted by Crippen LogP contribution is 2.48. The summed E-state index contributed by atoms with van der Waals surface area (Å²) in [5, 5.41) is 12.2. The first kappa shape index (κ1) is 20.9. The molecule has 2 aromatic carbocycles. The number of carbonyl (C=O) groups is 1. The van der Waals surface area contributed by atoms with Crippen LogP contribution in [0.1, 0.15) is 55.0 Å². The van der Waals surface area contributed by atoms with Crippen LogP contribution in [0.3, 0.4) is 0 Å². The Kier molecular flexibility index (Phi) is 5.49. The average molecular weight is 457 g/mol. The molecule has 1 N–H and O–H groups in total. The lowest BCUT2D eigenvalue weighted by atomic mass is 9.94. The molecule has 1 aromatic heterocycles. The van der Waals surface area contributed by atoms with E-state index in [4.69, 9.17) is 23.2 Å². The van der Waals surface area contributed by atoms with Gasteiger partial charge in [0.15, 0.2) is 0 Å². The van der Waals surface area contributed by atoms with Crippen LogP contribution >= 0.6 is 23.2 Å². The number of benzene rings is 2. The number of carboxylic acid groups (broad SMARTS) is 1. The third kappa shape index (κ3) is 3.65. The van der Waals surface area contributed by atoms with Gasteiger partial charge in [0, 0.05) is 57.6 Å². The van der Waals surface area contributed by atoms with Gasteiger partial charge in [-0.2, -0.15) is 0 Å². The minimum absolute atomic E-state index is 0.0810. The van der Waals surface area contributed by atoms with Crippen molar-refractivity contribution in [2.45, 2.75) is 57.2 Å². The summed E-state index contributed by atoms with van der Waals surface area (Å²) in [4.78, 5) is 14.3. The fraction of sp³-hybridized carbons (Fsp3) is 0.400.